The molecule has 0 heterocycles. The molecule has 10 heavy (non-hydrogen) atoms. The molecule has 0 rings (SSSR count). The van der Waals surface area contributed by atoms with E-state index in [1.165, 1.54) is 19.3 Å². The summed E-state index contributed by atoms with van der Waals surface area (Å²) < 4.78 is 0. The van der Waals surface area contributed by atoms with Crippen molar-refractivity contribution in [2.24, 2.45) is 0 Å². The first-order valence-corrected chi connectivity index (χ1v) is 6.88. The molecule has 0 spiro atoms. The van der Waals surface area contributed by atoms with Crippen molar-refractivity contribution < 1.29 is 0 Å². The van der Waals surface area contributed by atoms with Crippen molar-refractivity contribution in [1.82, 2.24) is 0 Å². The Bertz CT molecular complexity index is 79.3. The van der Waals surface area contributed by atoms with Crippen LogP contribution in [0.1, 0.15) is 39.5 Å². The van der Waals surface area contributed by atoms with Crippen molar-refractivity contribution >= 4 is 19.9 Å². The lowest BCUT2D eigenvalue weighted by Crippen LogP contribution is -2.11. The van der Waals surface area contributed by atoms with Gasteiger partial charge in [-0.25, -0.2) is 0 Å². The number of rotatable bonds is 5. The van der Waals surface area contributed by atoms with Gasteiger partial charge in [0.25, 0.3) is 0 Å². The molecule has 0 aromatic rings. The third-order valence-corrected chi connectivity index (χ3v) is 5.35. The summed E-state index contributed by atoms with van der Waals surface area (Å²) >= 11 is 5.94. The van der Waals surface area contributed by atoms with Crippen molar-refractivity contribution in [3.63, 3.8) is 0 Å². The summed E-state index contributed by atoms with van der Waals surface area (Å²) in [6.45, 7) is 8.43. The fraction of sp³-hybridized carbons (Fsp3) is 0.875. The van der Waals surface area contributed by atoms with Gasteiger partial charge < -0.3 is 0 Å². The summed E-state index contributed by atoms with van der Waals surface area (Å²) in [5, 5.41) is 0.428. The lowest BCUT2D eigenvalue weighted by atomic mass is 10.0. The molecule has 1 atom stereocenters. The molecule has 1 radical (unpaired) electrons. The van der Waals surface area contributed by atoms with Gasteiger partial charge in [0.05, 0.1) is 0 Å². The van der Waals surface area contributed by atoms with Gasteiger partial charge in [-0.2, -0.15) is 11.1 Å². The first-order valence-electron chi connectivity index (χ1n) is 4.04. The molecule has 0 aromatic carbocycles. The molecule has 0 aliphatic heterocycles. The number of hydrogen-bond acceptors (Lipinski definition) is 0. The van der Waals surface area contributed by atoms with E-state index in [0.717, 1.165) is 6.42 Å². The largest absolute Gasteiger partial charge is 0.176 e. The van der Waals surface area contributed by atoms with Crippen LogP contribution in [0.25, 0.3) is 0 Å². The minimum Gasteiger partial charge on any atom is -0.176 e. The molecule has 0 aliphatic rings. The first-order chi connectivity index (χ1) is 4.68. The summed E-state index contributed by atoms with van der Waals surface area (Å²) in [6.07, 6.45) is 4.89. The second-order valence-electron chi connectivity index (χ2n) is 3.30. The monoisotopic (exact) mass is 177 g/mol. The van der Waals surface area contributed by atoms with Crippen LogP contribution in [0.15, 0.2) is 0 Å². The molecule has 0 aromatic heterocycles. The molecule has 0 bridgehead atoms. The van der Waals surface area contributed by atoms with Gasteiger partial charge in [-0.05, 0) is 17.9 Å². The third kappa shape index (κ3) is 3.62. The lowest BCUT2D eigenvalue weighted by Gasteiger charge is -2.24. The Morgan fingerprint density at radius 1 is 1.60 bits per heavy atom. The van der Waals surface area contributed by atoms with Gasteiger partial charge >= 0.3 is 0 Å². The first kappa shape index (κ1) is 10.5. The van der Waals surface area contributed by atoms with Crippen LogP contribution in [-0.2, 0) is 0 Å². The number of unbranched alkanes of at least 4 members (excludes halogenated alkanes) is 1. The Labute approximate surface area is 71.9 Å². The smallest absolute Gasteiger partial charge is 0.131 e. The molecule has 2 heteroatoms. The molecule has 61 valence electrons. The highest BCUT2D eigenvalue weighted by molar-refractivity contribution is 6.95. The third-order valence-electron chi connectivity index (χ3n) is 2.06. The normalized spacial score (nSPS) is 18.0. The average molecular weight is 178 g/mol. The quantitative estimate of drug-likeness (QED) is 0.448. The summed E-state index contributed by atoms with van der Waals surface area (Å²) in [6, 6.07) is 0. The number of hydrogen-bond donors (Lipinski definition) is 0. The predicted octanol–water partition coefficient (Wildman–Crippen LogP) is 2.90. The second-order valence-corrected chi connectivity index (χ2v) is 6.07. The fourth-order valence-electron chi connectivity index (χ4n) is 0.862. The molecule has 0 amide bonds. The zero-order chi connectivity index (χ0) is 8.04. The second kappa shape index (κ2) is 5.20. The van der Waals surface area contributed by atoms with Crippen LogP contribution >= 0.6 is 11.1 Å². The van der Waals surface area contributed by atoms with Gasteiger partial charge in [-0.3, -0.25) is 0 Å². The molecular formula is C8H18ClSi. The van der Waals surface area contributed by atoms with Crippen LogP contribution < -0.4 is 0 Å². The van der Waals surface area contributed by atoms with Crippen molar-refractivity contribution in [3.8, 4) is 0 Å². The van der Waals surface area contributed by atoms with Crippen LogP contribution in [-0.4, -0.2) is 8.83 Å². The minimum absolute atomic E-state index is 0.379. The van der Waals surface area contributed by atoms with Crippen LogP contribution in [0.2, 0.25) is 5.04 Å². The molecule has 0 fully saturated rings. The summed E-state index contributed by atoms with van der Waals surface area (Å²) in [7, 11) is -0.379. The van der Waals surface area contributed by atoms with Gasteiger partial charge in [-0.1, -0.05) is 33.6 Å². The SMILES string of the molecule is [CH2]CC(C)(CCCC)[SiH2]Cl. The Kier molecular flexibility index (Phi) is 5.46. The zero-order valence-corrected chi connectivity index (χ0v) is 9.29. The van der Waals surface area contributed by atoms with Gasteiger partial charge in [-0.15, -0.1) is 0 Å². The molecule has 0 N–H and O–H groups in total. The Morgan fingerprint density at radius 3 is 2.50 bits per heavy atom. The molecule has 0 saturated heterocycles. The lowest BCUT2D eigenvalue weighted by molar-refractivity contribution is 0.531. The highest BCUT2D eigenvalue weighted by Gasteiger charge is 2.19. The average Bonchev–Trinajstić information content (AvgIpc) is 2.00. The molecular weight excluding hydrogens is 160 g/mol. The molecule has 0 aliphatic carbocycles. The van der Waals surface area contributed by atoms with Crippen molar-refractivity contribution in [1.29, 1.82) is 0 Å². The highest BCUT2D eigenvalue weighted by atomic mass is 35.6. The maximum Gasteiger partial charge on any atom is 0.131 e. The minimum atomic E-state index is -0.379. The highest BCUT2D eigenvalue weighted by Crippen LogP contribution is 2.35. The fourth-order valence-corrected chi connectivity index (χ4v) is 2.18. The summed E-state index contributed by atoms with van der Waals surface area (Å²) in [5.41, 5.74) is 0. The van der Waals surface area contributed by atoms with Crippen LogP contribution in [0.4, 0.5) is 0 Å². The van der Waals surface area contributed by atoms with Gasteiger partial charge in [0, 0.05) is 0 Å². The van der Waals surface area contributed by atoms with Crippen molar-refractivity contribution in [2.75, 3.05) is 0 Å². The van der Waals surface area contributed by atoms with E-state index >= 15 is 0 Å². The van der Waals surface area contributed by atoms with E-state index < -0.39 is 0 Å². The van der Waals surface area contributed by atoms with E-state index in [0.29, 0.717) is 5.04 Å². The Hall–Kier alpha value is 0.507. The summed E-state index contributed by atoms with van der Waals surface area (Å²) in [5.74, 6) is 0. The number of halogens is 1. The Morgan fingerprint density at radius 2 is 2.20 bits per heavy atom. The van der Waals surface area contributed by atoms with Crippen LogP contribution in [0.3, 0.4) is 0 Å². The van der Waals surface area contributed by atoms with Crippen molar-refractivity contribution in [2.45, 2.75) is 44.6 Å². The van der Waals surface area contributed by atoms with E-state index in [2.05, 4.69) is 20.8 Å². The molecule has 0 nitrogen and oxygen atoms in total. The van der Waals surface area contributed by atoms with E-state index in [1.54, 1.807) is 0 Å². The van der Waals surface area contributed by atoms with E-state index in [-0.39, 0.29) is 8.83 Å². The zero-order valence-electron chi connectivity index (χ0n) is 7.12. The van der Waals surface area contributed by atoms with Gasteiger partial charge in [0.15, 0.2) is 0 Å². The maximum atomic E-state index is 5.94. The topological polar surface area (TPSA) is 0 Å². The van der Waals surface area contributed by atoms with Crippen LogP contribution in [0.5, 0.6) is 0 Å². The molecule has 1 unspecified atom stereocenters. The van der Waals surface area contributed by atoms with E-state index in [9.17, 15) is 0 Å². The predicted molar refractivity (Wildman–Crippen MR) is 52.3 cm³/mol. The maximum absolute atomic E-state index is 5.94. The van der Waals surface area contributed by atoms with Crippen LogP contribution in [0, 0.1) is 6.92 Å². The Balaban J connectivity index is 3.58. The standard InChI is InChI=1S/C8H18ClSi/c1-4-6-7-8(3,5-2)10-9/h2,4-7,10H2,1,3H3. The van der Waals surface area contributed by atoms with Crippen molar-refractivity contribution in [3.05, 3.63) is 6.92 Å². The van der Waals surface area contributed by atoms with E-state index in [4.69, 9.17) is 11.1 Å². The molecule has 0 saturated carbocycles. The van der Waals surface area contributed by atoms with E-state index in [1.807, 2.05) is 0 Å². The van der Waals surface area contributed by atoms with Gasteiger partial charge in [0.1, 0.15) is 8.83 Å². The summed E-state index contributed by atoms with van der Waals surface area (Å²) in [4.78, 5) is 0. The van der Waals surface area contributed by atoms with Gasteiger partial charge in [0.2, 0.25) is 0 Å².